The molecule has 1 unspecified atom stereocenters. The van der Waals surface area contributed by atoms with E-state index in [1.165, 1.54) is 12.4 Å². The Bertz CT molecular complexity index is 360. The minimum Gasteiger partial charge on any atom is -0.396 e. The van der Waals surface area contributed by atoms with Crippen LogP contribution < -0.4 is 5.32 Å². The van der Waals surface area contributed by atoms with Crippen molar-refractivity contribution in [3.8, 4) is 0 Å². The van der Waals surface area contributed by atoms with Crippen LogP contribution in [0.2, 0.25) is 5.15 Å². The van der Waals surface area contributed by atoms with E-state index in [2.05, 4.69) is 15.3 Å². The Labute approximate surface area is 98.9 Å². The lowest BCUT2D eigenvalue weighted by Crippen LogP contribution is -2.35. The Hall–Kier alpha value is -1.20. The molecule has 88 valence electrons. The third-order valence-corrected chi connectivity index (χ3v) is 2.33. The van der Waals surface area contributed by atoms with Crippen LogP contribution in [0.25, 0.3) is 0 Å². The first-order chi connectivity index (χ1) is 7.67. The first kappa shape index (κ1) is 12.9. The molecule has 2 N–H and O–H groups in total. The lowest BCUT2D eigenvalue weighted by atomic mass is 10.1. The van der Waals surface area contributed by atoms with Gasteiger partial charge in [-0.3, -0.25) is 9.78 Å². The number of hydrogen-bond donors (Lipinski definition) is 2. The van der Waals surface area contributed by atoms with Crippen molar-refractivity contribution >= 4 is 17.5 Å². The molecule has 0 radical (unpaired) electrons. The molecule has 0 spiro atoms. The molecule has 1 aromatic heterocycles. The van der Waals surface area contributed by atoms with Gasteiger partial charge in [0.05, 0.1) is 12.4 Å². The van der Waals surface area contributed by atoms with Crippen LogP contribution in [0, 0.1) is 0 Å². The maximum absolute atomic E-state index is 11.7. The summed E-state index contributed by atoms with van der Waals surface area (Å²) >= 11 is 5.63. The smallest absolute Gasteiger partial charge is 0.271 e. The van der Waals surface area contributed by atoms with Gasteiger partial charge in [-0.1, -0.05) is 18.5 Å². The summed E-state index contributed by atoms with van der Waals surface area (Å²) < 4.78 is 0. The Kier molecular flexibility index (Phi) is 5.14. The molecule has 5 nitrogen and oxygen atoms in total. The second-order valence-electron chi connectivity index (χ2n) is 3.32. The average molecular weight is 244 g/mol. The Morgan fingerprint density at radius 1 is 1.62 bits per heavy atom. The summed E-state index contributed by atoms with van der Waals surface area (Å²) in [7, 11) is 0. The topological polar surface area (TPSA) is 75.1 Å². The molecule has 1 aromatic rings. The number of aliphatic hydroxyl groups is 1. The van der Waals surface area contributed by atoms with Gasteiger partial charge in [0, 0.05) is 12.6 Å². The zero-order chi connectivity index (χ0) is 12.0. The van der Waals surface area contributed by atoms with E-state index >= 15 is 0 Å². The first-order valence-electron chi connectivity index (χ1n) is 5.06. The van der Waals surface area contributed by atoms with E-state index < -0.39 is 0 Å². The monoisotopic (exact) mass is 243 g/mol. The third kappa shape index (κ3) is 3.75. The van der Waals surface area contributed by atoms with Crippen LogP contribution >= 0.6 is 11.6 Å². The molecule has 0 fully saturated rings. The van der Waals surface area contributed by atoms with Gasteiger partial charge in [-0.25, -0.2) is 4.98 Å². The summed E-state index contributed by atoms with van der Waals surface area (Å²) in [5.74, 6) is -0.324. The van der Waals surface area contributed by atoms with E-state index in [9.17, 15) is 4.79 Å². The fraction of sp³-hybridized carbons (Fsp3) is 0.500. The van der Waals surface area contributed by atoms with E-state index in [0.29, 0.717) is 6.42 Å². The number of nitrogens with zero attached hydrogens (tertiary/aromatic N) is 2. The van der Waals surface area contributed by atoms with Crippen LogP contribution in [-0.2, 0) is 0 Å². The molecule has 1 atom stereocenters. The number of carbonyl (C=O) groups is 1. The molecule has 0 bridgehead atoms. The normalized spacial score (nSPS) is 12.2. The zero-order valence-corrected chi connectivity index (χ0v) is 9.74. The summed E-state index contributed by atoms with van der Waals surface area (Å²) in [6, 6.07) is -0.0571. The van der Waals surface area contributed by atoms with Crippen molar-refractivity contribution in [3.63, 3.8) is 0 Å². The van der Waals surface area contributed by atoms with Crippen LogP contribution in [-0.4, -0.2) is 33.6 Å². The van der Waals surface area contributed by atoms with Crippen LogP contribution in [0.3, 0.4) is 0 Å². The minimum atomic E-state index is -0.324. The van der Waals surface area contributed by atoms with Gasteiger partial charge in [0.15, 0.2) is 0 Å². The molecule has 0 saturated carbocycles. The summed E-state index contributed by atoms with van der Waals surface area (Å²) in [4.78, 5) is 19.3. The molecule has 0 aliphatic rings. The Morgan fingerprint density at radius 2 is 2.38 bits per heavy atom. The Balaban J connectivity index is 2.64. The SMILES string of the molecule is CCC(CCO)NC(=O)c1cncc(Cl)n1. The highest BCUT2D eigenvalue weighted by atomic mass is 35.5. The fourth-order valence-corrected chi connectivity index (χ4v) is 1.39. The molecule has 0 saturated heterocycles. The van der Waals surface area contributed by atoms with Crippen molar-refractivity contribution in [3.05, 3.63) is 23.2 Å². The van der Waals surface area contributed by atoms with Crippen molar-refractivity contribution in [1.29, 1.82) is 0 Å². The van der Waals surface area contributed by atoms with Gasteiger partial charge in [0.1, 0.15) is 10.8 Å². The van der Waals surface area contributed by atoms with Crippen molar-refractivity contribution in [1.82, 2.24) is 15.3 Å². The zero-order valence-electron chi connectivity index (χ0n) is 8.98. The van der Waals surface area contributed by atoms with Gasteiger partial charge in [0.25, 0.3) is 5.91 Å². The number of carbonyl (C=O) groups excluding carboxylic acids is 1. The molecular formula is C10H14ClN3O2. The van der Waals surface area contributed by atoms with Crippen molar-refractivity contribution in [2.75, 3.05) is 6.61 Å². The lowest BCUT2D eigenvalue weighted by Gasteiger charge is -2.14. The summed E-state index contributed by atoms with van der Waals surface area (Å²) in [6.45, 7) is 1.98. The van der Waals surface area contributed by atoms with Crippen molar-refractivity contribution in [2.24, 2.45) is 0 Å². The maximum Gasteiger partial charge on any atom is 0.271 e. The van der Waals surface area contributed by atoms with Gasteiger partial charge in [-0.15, -0.1) is 0 Å². The quantitative estimate of drug-likeness (QED) is 0.810. The van der Waals surface area contributed by atoms with E-state index in [4.69, 9.17) is 16.7 Å². The number of aromatic nitrogens is 2. The largest absolute Gasteiger partial charge is 0.396 e. The molecule has 1 rings (SSSR count). The lowest BCUT2D eigenvalue weighted by molar-refractivity contribution is 0.0923. The maximum atomic E-state index is 11.7. The number of nitrogens with one attached hydrogen (secondary N) is 1. The average Bonchev–Trinajstić information content (AvgIpc) is 2.28. The van der Waals surface area contributed by atoms with Gasteiger partial charge in [0.2, 0.25) is 0 Å². The number of hydrogen-bond acceptors (Lipinski definition) is 4. The number of rotatable bonds is 5. The van der Waals surface area contributed by atoms with Gasteiger partial charge in [-0.2, -0.15) is 0 Å². The van der Waals surface area contributed by atoms with E-state index in [0.717, 1.165) is 6.42 Å². The second-order valence-corrected chi connectivity index (χ2v) is 3.71. The summed E-state index contributed by atoms with van der Waals surface area (Å²) in [5, 5.41) is 11.7. The molecule has 0 aliphatic carbocycles. The number of aliphatic hydroxyl groups excluding tert-OH is 1. The Morgan fingerprint density at radius 3 is 2.94 bits per heavy atom. The second kappa shape index (κ2) is 6.40. The van der Waals surface area contributed by atoms with Crippen LogP contribution in [0.15, 0.2) is 12.4 Å². The van der Waals surface area contributed by atoms with E-state index in [1.807, 2.05) is 6.92 Å². The number of amides is 1. The standard InChI is InChI=1S/C10H14ClN3O2/c1-2-7(3-4-15)13-10(16)8-5-12-6-9(11)14-8/h5-7,15H,2-4H2,1H3,(H,13,16). The summed E-state index contributed by atoms with van der Waals surface area (Å²) in [5.41, 5.74) is 0.184. The number of halogens is 1. The highest BCUT2D eigenvalue weighted by molar-refractivity contribution is 6.29. The molecule has 6 heteroatoms. The molecule has 1 amide bonds. The van der Waals surface area contributed by atoms with Crippen molar-refractivity contribution < 1.29 is 9.90 Å². The van der Waals surface area contributed by atoms with Crippen LogP contribution in [0.5, 0.6) is 0 Å². The predicted octanol–water partition coefficient (Wildman–Crippen LogP) is 1.02. The molecule has 0 aliphatic heterocycles. The highest BCUT2D eigenvalue weighted by Crippen LogP contribution is 2.04. The van der Waals surface area contributed by atoms with Crippen LogP contribution in [0.1, 0.15) is 30.3 Å². The van der Waals surface area contributed by atoms with Gasteiger partial charge < -0.3 is 10.4 Å². The third-order valence-electron chi connectivity index (χ3n) is 2.14. The minimum absolute atomic E-state index is 0.0417. The molecule has 0 aromatic carbocycles. The fourth-order valence-electron chi connectivity index (χ4n) is 1.25. The van der Waals surface area contributed by atoms with Crippen molar-refractivity contribution in [2.45, 2.75) is 25.8 Å². The first-order valence-corrected chi connectivity index (χ1v) is 5.44. The highest BCUT2D eigenvalue weighted by Gasteiger charge is 2.13. The van der Waals surface area contributed by atoms with Gasteiger partial charge >= 0.3 is 0 Å². The predicted molar refractivity (Wildman–Crippen MR) is 60.3 cm³/mol. The molecule has 1 heterocycles. The molecular weight excluding hydrogens is 230 g/mol. The molecule has 16 heavy (non-hydrogen) atoms. The summed E-state index contributed by atoms with van der Waals surface area (Å²) in [6.07, 6.45) is 3.99. The van der Waals surface area contributed by atoms with E-state index in [-0.39, 0.29) is 29.4 Å². The van der Waals surface area contributed by atoms with Gasteiger partial charge in [-0.05, 0) is 12.8 Å². The van der Waals surface area contributed by atoms with Crippen LogP contribution in [0.4, 0.5) is 0 Å². The van der Waals surface area contributed by atoms with E-state index in [1.54, 1.807) is 0 Å².